The number of benzene rings is 1. The molecule has 1 amide bonds. The topological polar surface area (TPSA) is 46.2 Å². The fraction of sp³-hybridized carbons (Fsp3) is 0.385. The van der Waals surface area contributed by atoms with Gasteiger partial charge in [0.15, 0.2) is 5.78 Å². The first-order valence-corrected chi connectivity index (χ1v) is 5.54. The highest BCUT2D eigenvalue weighted by Crippen LogP contribution is 2.12. The molecule has 1 N–H and O–H groups in total. The molecule has 3 heteroatoms. The molecular weight excluding hydrogens is 202 g/mol. The van der Waals surface area contributed by atoms with Crippen LogP contribution in [0.3, 0.4) is 0 Å². The third kappa shape index (κ3) is 3.85. The van der Waals surface area contributed by atoms with E-state index in [2.05, 4.69) is 12.2 Å². The van der Waals surface area contributed by atoms with Crippen LogP contribution in [0.4, 0.5) is 5.69 Å². The molecule has 86 valence electrons. The molecule has 0 saturated heterocycles. The molecule has 1 rings (SSSR count). The number of ketones is 1. The lowest BCUT2D eigenvalue weighted by molar-refractivity contribution is -0.114. The molecule has 3 nitrogen and oxygen atoms in total. The van der Waals surface area contributed by atoms with Gasteiger partial charge in [0, 0.05) is 24.6 Å². The fourth-order valence-corrected chi connectivity index (χ4v) is 1.42. The summed E-state index contributed by atoms with van der Waals surface area (Å²) in [7, 11) is 0. The molecule has 0 heterocycles. The summed E-state index contributed by atoms with van der Waals surface area (Å²) < 4.78 is 0. The molecule has 16 heavy (non-hydrogen) atoms. The first-order valence-electron chi connectivity index (χ1n) is 5.54. The van der Waals surface area contributed by atoms with Crippen LogP contribution in [0.5, 0.6) is 0 Å². The zero-order chi connectivity index (χ0) is 12.0. The van der Waals surface area contributed by atoms with Crippen molar-refractivity contribution < 1.29 is 9.59 Å². The summed E-state index contributed by atoms with van der Waals surface area (Å²) in [5.74, 6) is 0.0567. The van der Waals surface area contributed by atoms with Crippen LogP contribution in [0, 0.1) is 0 Å². The number of unbranched alkanes of at least 4 members (excludes halogenated alkanes) is 1. The Bertz CT molecular complexity index is 368. The first kappa shape index (κ1) is 12.4. The summed E-state index contributed by atoms with van der Waals surface area (Å²) in [4.78, 5) is 22.4. The minimum atomic E-state index is -0.106. The molecule has 0 spiro atoms. The lowest BCUT2D eigenvalue weighted by Gasteiger charge is -2.03. The highest BCUT2D eigenvalue weighted by atomic mass is 16.1. The van der Waals surface area contributed by atoms with Crippen molar-refractivity contribution in [3.63, 3.8) is 0 Å². The normalized spacial score (nSPS) is 9.88. The van der Waals surface area contributed by atoms with Gasteiger partial charge in [-0.05, 0) is 30.7 Å². The Labute approximate surface area is 95.9 Å². The number of hydrogen-bond donors (Lipinski definition) is 1. The second kappa shape index (κ2) is 6.05. The molecule has 1 aromatic rings. The largest absolute Gasteiger partial charge is 0.326 e. The van der Waals surface area contributed by atoms with Gasteiger partial charge in [-0.2, -0.15) is 0 Å². The van der Waals surface area contributed by atoms with Gasteiger partial charge in [-0.3, -0.25) is 9.59 Å². The summed E-state index contributed by atoms with van der Waals surface area (Å²) in [6, 6.07) is 7.01. The SMILES string of the molecule is CCCCC(=O)c1ccc(NC(C)=O)cc1. The average Bonchev–Trinajstić information content (AvgIpc) is 2.26. The minimum Gasteiger partial charge on any atom is -0.326 e. The van der Waals surface area contributed by atoms with E-state index in [1.165, 1.54) is 6.92 Å². The molecule has 0 aliphatic rings. The van der Waals surface area contributed by atoms with Crippen molar-refractivity contribution in [2.75, 3.05) is 5.32 Å². The summed E-state index contributed by atoms with van der Waals surface area (Å²) >= 11 is 0. The fourth-order valence-electron chi connectivity index (χ4n) is 1.42. The van der Waals surface area contributed by atoms with Gasteiger partial charge in [-0.25, -0.2) is 0 Å². The van der Waals surface area contributed by atoms with Crippen molar-refractivity contribution in [2.24, 2.45) is 0 Å². The van der Waals surface area contributed by atoms with Gasteiger partial charge in [-0.1, -0.05) is 13.3 Å². The third-order valence-corrected chi connectivity index (χ3v) is 2.28. The van der Waals surface area contributed by atoms with Crippen molar-refractivity contribution in [1.29, 1.82) is 0 Å². The molecule has 0 aliphatic heterocycles. The molecule has 1 aromatic carbocycles. The van der Waals surface area contributed by atoms with Crippen LogP contribution >= 0.6 is 0 Å². The number of amides is 1. The van der Waals surface area contributed by atoms with Crippen LogP contribution in [0.15, 0.2) is 24.3 Å². The number of hydrogen-bond acceptors (Lipinski definition) is 2. The molecule has 0 saturated carbocycles. The van der Waals surface area contributed by atoms with Crippen molar-refractivity contribution in [2.45, 2.75) is 33.1 Å². The van der Waals surface area contributed by atoms with Gasteiger partial charge in [0.2, 0.25) is 5.91 Å². The van der Waals surface area contributed by atoms with Crippen LogP contribution in [-0.2, 0) is 4.79 Å². The molecule has 0 aliphatic carbocycles. The number of carbonyl (C=O) groups is 2. The van der Waals surface area contributed by atoms with Gasteiger partial charge in [0.25, 0.3) is 0 Å². The van der Waals surface area contributed by atoms with E-state index in [9.17, 15) is 9.59 Å². The quantitative estimate of drug-likeness (QED) is 0.774. The first-order chi connectivity index (χ1) is 7.63. The van der Waals surface area contributed by atoms with Gasteiger partial charge in [0.1, 0.15) is 0 Å². The Hall–Kier alpha value is -1.64. The van der Waals surface area contributed by atoms with Crippen LogP contribution in [0.25, 0.3) is 0 Å². The van der Waals surface area contributed by atoms with E-state index in [4.69, 9.17) is 0 Å². The van der Waals surface area contributed by atoms with Gasteiger partial charge in [-0.15, -0.1) is 0 Å². The second-order valence-electron chi connectivity index (χ2n) is 3.79. The summed E-state index contributed by atoms with van der Waals surface area (Å²) in [5, 5.41) is 2.66. The maximum Gasteiger partial charge on any atom is 0.221 e. The van der Waals surface area contributed by atoms with Crippen molar-refractivity contribution >= 4 is 17.4 Å². The van der Waals surface area contributed by atoms with E-state index >= 15 is 0 Å². The molecule has 0 bridgehead atoms. The Morgan fingerprint density at radius 2 is 1.81 bits per heavy atom. The van der Waals surface area contributed by atoms with E-state index in [0.717, 1.165) is 18.5 Å². The maximum absolute atomic E-state index is 11.6. The van der Waals surface area contributed by atoms with E-state index in [0.29, 0.717) is 12.0 Å². The molecule has 0 fully saturated rings. The zero-order valence-corrected chi connectivity index (χ0v) is 9.75. The minimum absolute atomic E-state index is 0.106. The van der Waals surface area contributed by atoms with Gasteiger partial charge < -0.3 is 5.32 Å². The standard InChI is InChI=1S/C13H17NO2/c1-3-4-5-13(16)11-6-8-12(9-7-11)14-10(2)15/h6-9H,3-5H2,1-2H3,(H,14,15). The number of rotatable bonds is 5. The molecule has 0 radical (unpaired) electrons. The van der Waals surface area contributed by atoms with Crippen LogP contribution in [0.1, 0.15) is 43.5 Å². The van der Waals surface area contributed by atoms with Crippen LogP contribution in [0.2, 0.25) is 0 Å². The lowest BCUT2D eigenvalue weighted by atomic mass is 10.1. The number of anilines is 1. The second-order valence-corrected chi connectivity index (χ2v) is 3.79. The highest BCUT2D eigenvalue weighted by molar-refractivity contribution is 5.97. The van der Waals surface area contributed by atoms with Crippen molar-refractivity contribution in [1.82, 2.24) is 0 Å². The van der Waals surface area contributed by atoms with E-state index in [-0.39, 0.29) is 11.7 Å². The predicted molar refractivity (Wildman–Crippen MR) is 64.6 cm³/mol. The average molecular weight is 219 g/mol. The monoisotopic (exact) mass is 219 g/mol. The Morgan fingerprint density at radius 3 is 2.31 bits per heavy atom. The van der Waals surface area contributed by atoms with E-state index < -0.39 is 0 Å². The number of Topliss-reactive ketones (excluding diaryl/α,β-unsaturated/α-hetero) is 1. The zero-order valence-electron chi connectivity index (χ0n) is 9.75. The number of nitrogens with one attached hydrogen (secondary N) is 1. The van der Waals surface area contributed by atoms with Crippen LogP contribution < -0.4 is 5.32 Å². The third-order valence-electron chi connectivity index (χ3n) is 2.28. The van der Waals surface area contributed by atoms with E-state index in [1.54, 1.807) is 24.3 Å². The van der Waals surface area contributed by atoms with Crippen LogP contribution in [-0.4, -0.2) is 11.7 Å². The van der Waals surface area contributed by atoms with Crippen molar-refractivity contribution in [3.05, 3.63) is 29.8 Å². The molecule has 0 aromatic heterocycles. The van der Waals surface area contributed by atoms with Gasteiger partial charge in [0.05, 0.1) is 0 Å². The lowest BCUT2D eigenvalue weighted by Crippen LogP contribution is -2.06. The Balaban J connectivity index is 2.63. The molecular formula is C13H17NO2. The summed E-state index contributed by atoms with van der Waals surface area (Å²) in [5.41, 5.74) is 1.43. The summed E-state index contributed by atoms with van der Waals surface area (Å²) in [6.07, 6.45) is 2.54. The Morgan fingerprint density at radius 1 is 1.19 bits per heavy atom. The highest BCUT2D eigenvalue weighted by Gasteiger charge is 2.04. The number of carbonyl (C=O) groups excluding carboxylic acids is 2. The smallest absolute Gasteiger partial charge is 0.221 e. The van der Waals surface area contributed by atoms with Gasteiger partial charge >= 0.3 is 0 Å². The predicted octanol–water partition coefficient (Wildman–Crippen LogP) is 3.02. The molecule has 0 unspecified atom stereocenters. The maximum atomic E-state index is 11.6. The Kier molecular flexibility index (Phi) is 4.70. The van der Waals surface area contributed by atoms with E-state index in [1.807, 2.05) is 0 Å². The molecule has 0 atom stereocenters. The summed E-state index contributed by atoms with van der Waals surface area (Å²) in [6.45, 7) is 3.52. The van der Waals surface area contributed by atoms with Crippen molar-refractivity contribution in [3.8, 4) is 0 Å².